The first-order valence-electron chi connectivity index (χ1n) is 5.85. The molecule has 1 aromatic carbocycles. The number of nitrogens with one attached hydrogen (secondary N) is 1. The van der Waals surface area contributed by atoms with Gasteiger partial charge in [-0.1, -0.05) is 11.6 Å². The van der Waals surface area contributed by atoms with Crippen molar-refractivity contribution in [2.24, 2.45) is 0 Å². The van der Waals surface area contributed by atoms with Gasteiger partial charge in [-0.15, -0.1) is 11.8 Å². The van der Waals surface area contributed by atoms with E-state index in [0.29, 0.717) is 16.6 Å². The van der Waals surface area contributed by atoms with Crippen molar-refractivity contribution in [3.05, 3.63) is 50.7 Å². The Balaban J connectivity index is 1.90. The number of pyridine rings is 1. The van der Waals surface area contributed by atoms with Gasteiger partial charge in [0.15, 0.2) is 0 Å². The van der Waals surface area contributed by atoms with E-state index in [1.165, 1.54) is 11.8 Å². The molecule has 1 heterocycles. The normalized spacial score (nSPS) is 10.3. The fourth-order valence-corrected chi connectivity index (χ4v) is 2.95. The highest BCUT2D eigenvalue weighted by Crippen LogP contribution is 2.21. The van der Waals surface area contributed by atoms with Crippen molar-refractivity contribution in [2.75, 3.05) is 11.1 Å². The second-order valence-corrected chi connectivity index (χ2v) is 6.84. The summed E-state index contributed by atoms with van der Waals surface area (Å²) < 4.78 is 1.05. The number of thioether (sulfide) groups is 1. The van der Waals surface area contributed by atoms with Crippen LogP contribution in [0.2, 0.25) is 5.02 Å². The van der Waals surface area contributed by atoms with Gasteiger partial charge in [0, 0.05) is 19.7 Å². The molecule has 0 atom stereocenters. The van der Waals surface area contributed by atoms with Gasteiger partial charge in [0.05, 0.1) is 5.75 Å². The first-order valence-corrected chi connectivity index (χ1v) is 8.29. The molecule has 1 N–H and O–H groups in total. The van der Waals surface area contributed by atoms with Crippen molar-refractivity contribution in [3.63, 3.8) is 0 Å². The van der Waals surface area contributed by atoms with E-state index in [1.54, 1.807) is 6.20 Å². The third-order valence-corrected chi connectivity index (χ3v) is 4.34. The summed E-state index contributed by atoms with van der Waals surface area (Å²) in [6.45, 7) is 1.93. The minimum absolute atomic E-state index is 0.0678. The number of benzene rings is 1. The Morgan fingerprint density at radius 2 is 2.10 bits per heavy atom. The average Bonchev–Trinajstić information content (AvgIpc) is 2.41. The number of aryl methyl sites for hydroxylation is 1. The van der Waals surface area contributed by atoms with E-state index >= 15 is 0 Å². The van der Waals surface area contributed by atoms with Gasteiger partial charge < -0.3 is 5.32 Å². The predicted octanol–water partition coefficient (Wildman–Crippen LogP) is 4.38. The van der Waals surface area contributed by atoms with Crippen LogP contribution in [0, 0.1) is 10.5 Å². The second kappa shape index (κ2) is 7.28. The summed E-state index contributed by atoms with van der Waals surface area (Å²) in [4.78, 5) is 17.1. The van der Waals surface area contributed by atoms with Crippen LogP contribution in [-0.2, 0) is 4.79 Å². The van der Waals surface area contributed by atoms with Gasteiger partial charge >= 0.3 is 0 Å². The molecule has 104 valence electrons. The molecule has 1 aromatic heterocycles. The summed E-state index contributed by atoms with van der Waals surface area (Å²) in [6, 6.07) is 9.40. The maximum atomic E-state index is 11.9. The molecule has 0 bridgehead atoms. The maximum Gasteiger partial charge on any atom is 0.235 e. The lowest BCUT2D eigenvalue weighted by molar-refractivity contribution is -0.113. The molecule has 0 aliphatic carbocycles. The largest absolute Gasteiger partial charge is 0.310 e. The molecule has 0 saturated heterocycles. The van der Waals surface area contributed by atoms with E-state index in [2.05, 4.69) is 32.9 Å². The average molecular weight is 419 g/mol. The van der Waals surface area contributed by atoms with Gasteiger partial charge in [0.25, 0.3) is 0 Å². The second-order valence-electron chi connectivity index (χ2n) is 4.11. The number of halogens is 2. The molecule has 20 heavy (non-hydrogen) atoms. The molecule has 3 nitrogen and oxygen atoms in total. The van der Waals surface area contributed by atoms with E-state index in [4.69, 9.17) is 11.6 Å². The van der Waals surface area contributed by atoms with E-state index in [0.717, 1.165) is 14.0 Å². The Morgan fingerprint density at radius 3 is 2.75 bits per heavy atom. The van der Waals surface area contributed by atoms with Crippen LogP contribution in [-0.4, -0.2) is 16.6 Å². The smallest absolute Gasteiger partial charge is 0.235 e. The van der Waals surface area contributed by atoms with Gasteiger partial charge in [-0.3, -0.25) is 4.79 Å². The van der Waals surface area contributed by atoms with Crippen LogP contribution in [0.3, 0.4) is 0 Å². The molecule has 0 aliphatic heterocycles. The Labute approximate surface area is 140 Å². The van der Waals surface area contributed by atoms with Crippen LogP contribution in [0.1, 0.15) is 5.56 Å². The molecular formula is C14H12ClIN2OS. The molecule has 1 amide bonds. The minimum atomic E-state index is -0.0678. The third-order valence-electron chi connectivity index (χ3n) is 2.49. The standard InChI is InChI=1S/C14H12ClIN2OS/c1-9-6-11(16)7-17-14(9)18-13(19)8-20-12-4-2-10(15)3-5-12/h2-7H,8H2,1H3,(H,17,18,19). The van der Waals surface area contributed by atoms with E-state index < -0.39 is 0 Å². The molecule has 2 rings (SSSR count). The quantitative estimate of drug-likeness (QED) is 0.592. The molecule has 0 aliphatic rings. The number of carbonyl (C=O) groups is 1. The Morgan fingerprint density at radius 1 is 1.40 bits per heavy atom. The number of rotatable bonds is 4. The lowest BCUT2D eigenvalue weighted by atomic mass is 10.3. The molecular weight excluding hydrogens is 407 g/mol. The number of nitrogens with zero attached hydrogens (tertiary/aromatic N) is 1. The summed E-state index contributed by atoms with van der Waals surface area (Å²) in [7, 11) is 0. The Bertz CT molecular complexity index is 619. The third kappa shape index (κ3) is 4.64. The van der Waals surface area contributed by atoms with Crippen molar-refractivity contribution < 1.29 is 4.79 Å². The van der Waals surface area contributed by atoms with E-state index in [-0.39, 0.29) is 5.91 Å². The molecule has 6 heteroatoms. The zero-order valence-corrected chi connectivity index (χ0v) is 14.4. The van der Waals surface area contributed by atoms with E-state index in [1.807, 2.05) is 37.3 Å². The van der Waals surface area contributed by atoms with Gasteiger partial charge in [0.2, 0.25) is 5.91 Å². The van der Waals surface area contributed by atoms with Crippen LogP contribution < -0.4 is 5.32 Å². The summed E-state index contributed by atoms with van der Waals surface area (Å²) in [5.74, 6) is 0.892. The highest BCUT2D eigenvalue weighted by molar-refractivity contribution is 14.1. The predicted molar refractivity (Wildman–Crippen MR) is 92.5 cm³/mol. The number of hydrogen-bond acceptors (Lipinski definition) is 3. The van der Waals surface area contributed by atoms with Crippen molar-refractivity contribution >= 4 is 57.7 Å². The molecule has 0 unspecified atom stereocenters. The van der Waals surface area contributed by atoms with Gasteiger partial charge in [-0.05, 0) is 65.4 Å². The topological polar surface area (TPSA) is 42.0 Å². The van der Waals surface area contributed by atoms with Crippen LogP contribution in [0.4, 0.5) is 5.82 Å². The highest BCUT2D eigenvalue weighted by atomic mass is 127. The Kier molecular flexibility index (Phi) is 5.68. The first-order chi connectivity index (χ1) is 9.54. The van der Waals surface area contributed by atoms with Crippen molar-refractivity contribution in [1.82, 2.24) is 4.98 Å². The fourth-order valence-electron chi connectivity index (χ4n) is 1.52. The Hall–Kier alpha value is -0.790. The first kappa shape index (κ1) is 15.6. The van der Waals surface area contributed by atoms with Crippen molar-refractivity contribution in [1.29, 1.82) is 0 Å². The summed E-state index contributed by atoms with van der Waals surface area (Å²) in [6.07, 6.45) is 1.73. The number of amides is 1. The molecule has 0 saturated carbocycles. The van der Waals surface area contributed by atoms with Gasteiger partial charge in [0.1, 0.15) is 5.82 Å². The fraction of sp³-hybridized carbons (Fsp3) is 0.143. The zero-order valence-electron chi connectivity index (χ0n) is 10.7. The van der Waals surface area contributed by atoms with Gasteiger partial charge in [-0.2, -0.15) is 0 Å². The molecule has 0 spiro atoms. The monoisotopic (exact) mass is 418 g/mol. The summed E-state index contributed by atoms with van der Waals surface area (Å²) >= 11 is 9.47. The lowest BCUT2D eigenvalue weighted by Crippen LogP contribution is -2.15. The number of hydrogen-bond donors (Lipinski definition) is 1. The number of carbonyl (C=O) groups excluding carboxylic acids is 1. The molecule has 0 radical (unpaired) electrons. The summed E-state index contributed by atoms with van der Waals surface area (Å²) in [5.41, 5.74) is 0.960. The lowest BCUT2D eigenvalue weighted by Gasteiger charge is -2.07. The van der Waals surface area contributed by atoms with Crippen molar-refractivity contribution in [2.45, 2.75) is 11.8 Å². The number of aromatic nitrogens is 1. The maximum absolute atomic E-state index is 11.9. The van der Waals surface area contributed by atoms with Crippen molar-refractivity contribution in [3.8, 4) is 0 Å². The highest BCUT2D eigenvalue weighted by Gasteiger charge is 2.07. The zero-order chi connectivity index (χ0) is 14.5. The van der Waals surface area contributed by atoms with Crippen LogP contribution in [0.5, 0.6) is 0 Å². The van der Waals surface area contributed by atoms with Crippen LogP contribution in [0.25, 0.3) is 0 Å². The minimum Gasteiger partial charge on any atom is -0.310 e. The molecule has 2 aromatic rings. The SMILES string of the molecule is Cc1cc(I)cnc1NC(=O)CSc1ccc(Cl)cc1. The summed E-state index contributed by atoms with van der Waals surface area (Å²) in [5, 5.41) is 3.51. The van der Waals surface area contributed by atoms with Crippen LogP contribution >= 0.6 is 46.0 Å². The molecule has 0 fully saturated rings. The number of anilines is 1. The van der Waals surface area contributed by atoms with Crippen LogP contribution in [0.15, 0.2) is 41.4 Å². The van der Waals surface area contributed by atoms with E-state index in [9.17, 15) is 4.79 Å². The van der Waals surface area contributed by atoms with Gasteiger partial charge in [-0.25, -0.2) is 4.98 Å².